The molecule has 204 valence electrons. The van der Waals surface area contributed by atoms with Crippen LogP contribution in [-0.2, 0) is 17.8 Å². The number of aromatic nitrogens is 5. The fraction of sp³-hybridized carbons (Fsp3) is 0.414. The van der Waals surface area contributed by atoms with Crippen molar-refractivity contribution in [1.29, 1.82) is 0 Å². The molecule has 0 radical (unpaired) electrons. The standard InChI is InChI=1S/C29H36N8OS/c1-21-7-9-24(10-8-21)18-26-22(2)32-28-33-29(34-37(28)23(26)3)39-20-27(38)31-12-13-35-14-16-36(17-15-35)19-25-6-4-5-11-30-25/h4-11H,12-20H2,1-3H3,(H,31,38). The zero-order chi connectivity index (χ0) is 27.2. The molecule has 0 atom stereocenters. The van der Waals surface area contributed by atoms with Gasteiger partial charge >= 0.3 is 0 Å². The lowest BCUT2D eigenvalue weighted by Crippen LogP contribution is -2.48. The fourth-order valence-electron chi connectivity index (χ4n) is 4.84. The van der Waals surface area contributed by atoms with Crippen LogP contribution >= 0.6 is 11.8 Å². The summed E-state index contributed by atoms with van der Waals surface area (Å²) in [6, 6.07) is 14.6. The summed E-state index contributed by atoms with van der Waals surface area (Å²) in [4.78, 5) is 31.0. The maximum Gasteiger partial charge on any atom is 0.253 e. The summed E-state index contributed by atoms with van der Waals surface area (Å²) in [6.07, 6.45) is 2.64. The van der Waals surface area contributed by atoms with Crippen LogP contribution in [0.4, 0.5) is 0 Å². The summed E-state index contributed by atoms with van der Waals surface area (Å²) in [5, 5.41) is 8.25. The van der Waals surface area contributed by atoms with E-state index < -0.39 is 0 Å². The van der Waals surface area contributed by atoms with Crippen LogP contribution in [0.5, 0.6) is 0 Å². The maximum atomic E-state index is 12.5. The molecule has 9 nitrogen and oxygen atoms in total. The number of nitrogens with one attached hydrogen (secondary N) is 1. The van der Waals surface area contributed by atoms with E-state index in [1.807, 2.05) is 25.3 Å². The van der Waals surface area contributed by atoms with Crippen LogP contribution in [0.15, 0.2) is 53.8 Å². The van der Waals surface area contributed by atoms with Crippen molar-refractivity contribution in [1.82, 2.24) is 39.7 Å². The normalized spacial score (nSPS) is 14.6. The minimum Gasteiger partial charge on any atom is -0.354 e. The molecule has 5 rings (SSSR count). The topological polar surface area (TPSA) is 91.5 Å². The lowest BCUT2D eigenvalue weighted by molar-refractivity contribution is -0.118. The summed E-state index contributed by atoms with van der Waals surface area (Å²) in [7, 11) is 0. The number of benzene rings is 1. The first-order valence-electron chi connectivity index (χ1n) is 13.5. The van der Waals surface area contributed by atoms with E-state index in [1.165, 1.54) is 22.9 Å². The van der Waals surface area contributed by atoms with E-state index in [0.29, 0.717) is 17.5 Å². The summed E-state index contributed by atoms with van der Waals surface area (Å²) < 4.78 is 1.80. The van der Waals surface area contributed by atoms with Gasteiger partial charge in [-0.3, -0.25) is 19.6 Å². The Morgan fingerprint density at radius 2 is 1.74 bits per heavy atom. The Balaban J connectivity index is 1.07. The number of hydrogen-bond acceptors (Lipinski definition) is 8. The van der Waals surface area contributed by atoms with Crippen molar-refractivity contribution in [3.63, 3.8) is 0 Å². The number of thioether (sulfide) groups is 1. The van der Waals surface area contributed by atoms with E-state index in [0.717, 1.165) is 68.3 Å². The quantitative estimate of drug-likeness (QED) is 0.305. The van der Waals surface area contributed by atoms with E-state index in [9.17, 15) is 4.79 Å². The molecule has 1 amide bonds. The molecule has 0 aliphatic carbocycles. The van der Waals surface area contributed by atoms with Gasteiger partial charge in [0.2, 0.25) is 11.1 Å². The second-order valence-electron chi connectivity index (χ2n) is 10.1. The Bertz CT molecular complexity index is 1400. The SMILES string of the molecule is Cc1ccc(Cc2c(C)nc3nc(SCC(=O)NCCN4CCN(Cc5ccccn5)CC4)nn3c2C)cc1. The highest BCUT2D eigenvalue weighted by Gasteiger charge is 2.18. The molecule has 0 saturated carbocycles. The van der Waals surface area contributed by atoms with Crippen LogP contribution in [0.1, 0.15) is 33.8 Å². The Morgan fingerprint density at radius 1 is 0.974 bits per heavy atom. The van der Waals surface area contributed by atoms with Crippen molar-refractivity contribution in [2.24, 2.45) is 0 Å². The number of nitrogens with zero attached hydrogens (tertiary/aromatic N) is 7. The number of carbonyl (C=O) groups is 1. The van der Waals surface area contributed by atoms with Crippen molar-refractivity contribution in [2.45, 2.75) is 38.9 Å². The summed E-state index contributed by atoms with van der Waals surface area (Å²) in [5.74, 6) is 0.847. The van der Waals surface area contributed by atoms with Crippen LogP contribution in [-0.4, -0.2) is 85.3 Å². The predicted molar refractivity (Wildman–Crippen MR) is 154 cm³/mol. The monoisotopic (exact) mass is 544 g/mol. The summed E-state index contributed by atoms with van der Waals surface area (Å²) in [6.45, 7) is 12.6. The predicted octanol–water partition coefficient (Wildman–Crippen LogP) is 3.06. The second-order valence-corrected chi connectivity index (χ2v) is 11.0. The van der Waals surface area contributed by atoms with Gasteiger partial charge in [-0.25, -0.2) is 9.50 Å². The Hall–Kier alpha value is -3.34. The largest absolute Gasteiger partial charge is 0.354 e. The number of amides is 1. The third-order valence-corrected chi connectivity index (χ3v) is 8.03. The van der Waals surface area contributed by atoms with Crippen molar-refractivity contribution < 1.29 is 4.79 Å². The molecule has 0 bridgehead atoms. The van der Waals surface area contributed by atoms with Gasteiger partial charge in [0, 0.05) is 69.8 Å². The second kappa shape index (κ2) is 12.7. The number of carbonyl (C=O) groups excluding carboxylic acids is 1. The highest BCUT2D eigenvalue weighted by atomic mass is 32.2. The van der Waals surface area contributed by atoms with E-state index in [-0.39, 0.29) is 11.7 Å². The Kier molecular flexibility index (Phi) is 8.85. The van der Waals surface area contributed by atoms with Gasteiger partial charge in [0.05, 0.1) is 11.4 Å². The zero-order valence-electron chi connectivity index (χ0n) is 22.9. The highest BCUT2D eigenvalue weighted by molar-refractivity contribution is 7.99. The van der Waals surface area contributed by atoms with Crippen LogP contribution in [0.25, 0.3) is 5.78 Å². The number of aryl methyl sites for hydroxylation is 3. The van der Waals surface area contributed by atoms with E-state index in [4.69, 9.17) is 4.98 Å². The summed E-state index contributed by atoms with van der Waals surface area (Å²) in [5.41, 5.74) is 6.74. The molecule has 1 N–H and O–H groups in total. The van der Waals surface area contributed by atoms with E-state index in [1.54, 1.807) is 4.52 Å². The minimum atomic E-state index is -0.00596. The van der Waals surface area contributed by atoms with Crippen LogP contribution in [0.3, 0.4) is 0 Å². The number of rotatable bonds is 10. The van der Waals surface area contributed by atoms with Crippen molar-refractivity contribution in [3.05, 3.63) is 82.4 Å². The Morgan fingerprint density at radius 3 is 2.49 bits per heavy atom. The molecule has 1 aromatic carbocycles. The molecule has 39 heavy (non-hydrogen) atoms. The average molecular weight is 545 g/mol. The number of fused-ring (bicyclic) bond motifs is 1. The molecule has 0 spiro atoms. The first-order chi connectivity index (χ1) is 18.9. The first-order valence-corrected chi connectivity index (χ1v) is 14.5. The smallest absolute Gasteiger partial charge is 0.253 e. The first kappa shape index (κ1) is 27.2. The lowest BCUT2D eigenvalue weighted by atomic mass is 10.0. The fourth-order valence-corrected chi connectivity index (χ4v) is 5.49. The van der Waals surface area contributed by atoms with Gasteiger partial charge in [-0.05, 0) is 44.0 Å². The van der Waals surface area contributed by atoms with E-state index >= 15 is 0 Å². The molecule has 1 aliphatic rings. The maximum absolute atomic E-state index is 12.5. The van der Waals surface area contributed by atoms with Crippen LogP contribution < -0.4 is 5.32 Å². The third kappa shape index (κ3) is 7.20. The molecule has 1 saturated heterocycles. The van der Waals surface area contributed by atoms with Gasteiger partial charge in [-0.1, -0.05) is 47.7 Å². The minimum absolute atomic E-state index is 0.00596. The van der Waals surface area contributed by atoms with Crippen molar-refractivity contribution >= 4 is 23.4 Å². The molecule has 4 heterocycles. The number of piperazine rings is 1. The molecule has 10 heteroatoms. The highest BCUT2D eigenvalue weighted by Crippen LogP contribution is 2.21. The van der Waals surface area contributed by atoms with Gasteiger partial charge in [-0.2, -0.15) is 4.98 Å². The van der Waals surface area contributed by atoms with Gasteiger partial charge < -0.3 is 5.32 Å². The van der Waals surface area contributed by atoms with Gasteiger partial charge in [-0.15, -0.1) is 5.10 Å². The molecular formula is C29H36N8OS. The molecule has 1 fully saturated rings. The Labute approximate surface area is 234 Å². The van der Waals surface area contributed by atoms with Crippen molar-refractivity contribution in [2.75, 3.05) is 45.0 Å². The molecule has 4 aromatic rings. The van der Waals surface area contributed by atoms with Crippen LogP contribution in [0.2, 0.25) is 0 Å². The number of hydrogen-bond donors (Lipinski definition) is 1. The molecular weight excluding hydrogens is 508 g/mol. The third-order valence-electron chi connectivity index (χ3n) is 7.19. The molecule has 1 aliphatic heterocycles. The van der Waals surface area contributed by atoms with Gasteiger partial charge in [0.25, 0.3) is 5.78 Å². The van der Waals surface area contributed by atoms with Gasteiger partial charge in [0.15, 0.2) is 0 Å². The summed E-state index contributed by atoms with van der Waals surface area (Å²) >= 11 is 1.35. The van der Waals surface area contributed by atoms with E-state index in [2.05, 4.69) is 74.4 Å². The molecule has 0 unspecified atom stereocenters. The molecule has 3 aromatic heterocycles. The average Bonchev–Trinajstić information content (AvgIpc) is 3.35. The van der Waals surface area contributed by atoms with Crippen molar-refractivity contribution in [3.8, 4) is 0 Å². The lowest BCUT2D eigenvalue weighted by Gasteiger charge is -2.34. The van der Waals surface area contributed by atoms with Gasteiger partial charge in [0.1, 0.15) is 0 Å². The number of pyridine rings is 1. The van der Waals surface area contributed by atoms with Crippen LogP contribution in [0, 0.1) is 20.8 Å². The zero-order valence-corrected chi connectivity index (χ0v) is 23.7.